The van der Waals surface area contributed by atoms with Crippen LogP contribution in [0.4, 0.5) is 5.13 Å². The molecule has 3 N–H and O–H groups in total. The van der Waals surface area contributed by atoms with Gasteiger partial charge >= 0.3 is 0 Å². The first-order valence-corrected chi connectivity index (χ1v) is 10.3. The zero-order valence-electron chi connectivity index (χ0n) is 13.6. The van der Waals surface area contributed by atoms with E-state index in [1.165, 1.54) is 17.4 Å². The van der Waals surface area contributed by atoms with Gasteiger partial charge in [0.1, 0.15) is 9.90 Å². The molecule has 0 radical (unpaired) electrons. The number of benzene rings is 1. The van der Waals surface area contributed by atoms with Crippen molar-refractivity contribution in [2.45, 2.75) is 43.4 Å². The van der Waals surface area contributed by atoms with Gasteiger partial charge in [-0.05, 0) is 36.1 Å². The van der Waals surface area contributed by atoms with E-state index in [0.29, 0.717) is 18.4 Å². The Hall–Kier alpha value is -1.71. The summed E-state index contributed by atoms with van der Waals surface area (Å²) in [4.78, 5) is 11.5. The number of hydrogen-bond acceptors (Lipinski definition) is 6. The van der Waals surface area contributed by atoms with Crippen LogP contribution in [0.2, 0.25) is 5.02 Å². The first kappa shape index (κ1) is 18.1. The molecule has 1 unspecified atom stereocenters. The third kappa shape index (κ3) is 3.49. The Bertz CT molecular complexity index is 940. The lowest BCUT2D eigenvalue weighted by atomic mass is 10.0. The van der Waals surface area contributed by atoms with Crippen molar-refractivity contribution >= 4 is 44.0 Å². The van der Waals surface area contributed by atoms with E-state index in [0.717, 1.165) is 10.6 Å². The first-order valence-electron chi connectivity index (χ1n) is 7.67. The number of carbonyl (C=O) groups excluding carboxylic acids is 1. The number of primary amides is 1. The monoisotopic (exact) mass is 400 g/mol. The van der Waals surface area contributed by atoms with Crippen LogP contribution < -0.4 is 10.5 Å². The van der Waals surface area contributed by atoms with Gasteiger partial charge < -0.3 is 5.73 Å². The fourth-order valence-electron chi connectivity index (χ4n) is 2.79. The summed E-state index contributed by atoms with van der Waals surface area (Å²) < 4.78 is 27.8. The molecule has 3 rings (SSSR count). The fourth-order valence-corrected chi connectivity index (χ4v) is 5.35. The van der Waals surface area contributed by atoms with Crippen molar-refractivity contribution in [2.24, 2.45) is 5.73 Å². The van der Waals surface area contributed by atoms with E-state index < -0.39 is 21.8 Å². The molecule has 1 atom stereocenters. The first-order chi connectivity index (χ1) is 11.7. The van der Waals surface area contributed by atoms with Crippen LogP contribution in [0.5, 0.6) is 0 Å². The summed E-state index contributed by atoms with van der Waals surface area (Å²) in [5.41, 5.74) is 6.89. The van der Waals surface area contributed by atoms with Crippen LogP contribution in [0.3, 0.4) is 0 Å². The van der Waals surface area contributed by atoms with E-state index in [1.54, 1.807) is 6.07 Å². The minimum Gasteiger partial charge on any atom is -0.369 e. The largest absolute Gasteiger partial charge is 0.369 e. The lowest BCUT2D eigenvalue weighted by Crippen LogP contribution is -2.20. The van der Waals surface area contributed by atoms with Crippen LogP contribution in [0, 0.1) is 0 Å². The van der Waals surface area contributed by atoms with E-state index >= 15 is 0 Å². The normalized spacial score (nSPS) is 16.9. The minimum atomic E-state index is -3.95. The van der Waals surface area contributed by atoms with Gasteiger partial charge in [-0.3, -0.25) is 9.52 Å². The Balaban J connectivity index is 1.97. The second-order valence-electron chi connectivity index (χ2n) is 6.18. The Morgan fingerprint density at radius 2 is 2.12 bits per heavy atom. The van der Waals surface area contributed by atoms with Gasteiger partial charge in [0.15, 0.2) is 0 Å². The molecule has 25 heavy (non-hydrogen) atoms. The average molecular weight is 401 g/mol. The second-order valence-corrected chi connectivity index (χ2v) is 9.25. The highest BCUT2D eigenvalue weighted by Gasteiger charge is 2.31. The smallest absolute Gasteiger partial charge is 0.265 e. The van der Waals surface area contributed by atoms with Crippen molar-refractivity contribution in [3.8, 4) is 0 Å². The summed E-state index contributed by atoms with van der Waals surface area (Å²) in [5.74, 6) is -0.811. The van der Waals surface area contributed by atoms with Gasteiger partial charge in [0, 0.05) is 5.92 Å². The number of halogens is 1. The molecular formula is C15H17ClN4O3S2. The maximum atomic E-state index is 12.7. The number of rotatable bonds is 5. The zero-order chi connectivity index (χ0) is 18.4. The highest BCUT2D eigenvalue weighted by atomic mass is 35.5. The molecule has 1 heterocycles. The molecule has 1 aliphatic rings. The maximum Gasteiger partial charge on any atom is 0.265 e. The molecule has 1 aliphatic carbocycles. The summed E-state index contributed by atoms with van der Waals surface area (Å²) in [6.45, 7) is 3.89. The van der Waals surface area contributed by atoms with Crippen molar-refractivity contribution in [3.05, 3.63) is 33.3 Å². The predicted molar refractivity (Wildman–Crippen MR) is 96.5 cm³/mol. The third-order valence-corrected chi connectivity index (χ3v) is 7.13. The molecule has 0 saturated heterocycles. The molecule has 2 aromatic rings. The summed E-state index contributed by atoms with van der Waals surface area (Å²) in [7, 11) is -3.95. The number of aromatic nitrogens is 2. The Kier molecular flexibility index (Phi) is 4.74. The minimum absolute atomic E-state index is 0.0950. The fraction of sp³-hybridized carbons (Fsp3) is 0.400. The highest BCUT2D eigenvalue weighted by Crippen LogP contribution is 2.38. The van der Waals surface area contributed by atoms with E-state index in [2.05, 4.69) is 14.9 Å². The predicted octanol–water partition coefficient (Wildman–Crippen LogP) is 2.63. The Morgan fingerprint density at radius 1 is 1.40 bits per heavy atom. The van der Waals surface area contributed by atoms with E-state index in [1.807, 2.05) is 13.8 Å². The molecule has 1 aromatic carbocycles. The number of hydrogen-bond donors (Lipinski definition) is 2. The van der Waals surface area contributed by atoms with Gasteiger partial charge in [0.25, 0.3) is 10.0 Å². The van der Waals surface area contributed by atoms with Crippen LogP contribution in [0.1, 0.15) is 48.2 Å². The van der Waals surface area contributed by atoms with E-state index in [4.69, 9.17) is 17.3 Å². The third-order valence-electron chi connectivity index (χ3n) is 4.06. The van der Waals surface area contributed by atoms with Gasteiger partial charge in [-0.2, -0.15) is 0 Å². The molecule has 10 heteroatoms. The molecule has 1 aromatic heterocycles. The maximum absolute atomic E-state index is 12.7. The SMILES string of the molecule is CC(C)c1nnc(NS(=O)(=O)c2cc3c(cc2Cl)CCC3C(N)=O)s1. The van der Waals surface area contributed by atoms with Crippen molar-refractivity contribution in [3.63, 3.8) is 0 Å². The lowest BCUT2D eigenvalue weighted by Gasteiger charge is -2.12. The summed E-state index contributed by atoms with van der Waals surface area (Å²) in [6, 6.07) is 3.03. The topological polar surface area (TPSA) is 115 Å². The van der Waals surface area contributed by atoms with Crippen molar-refractivity contribution in [1.29, 1.82) is 0 Å². The number of anilines is 1. The van der Waals surface area contributed by atoms with Crippen molar-refractivity contribution < 1.29 is 13.2 Å². The summed E-state index contributed by atoms with van der Waals surface area (Å²) in [5, 5.41) is 8.81. The molecule has 0 saturated carbocycles. The number of fused-ring (bicyclic) bond motifs is 1. The van der Waals surface area contributed by atoms with Gasteiger partial charge in [-0.25, -0.2) is 8.42 Å². The van der Waals surface area contributed by atoms with Gasteiger partial charge in [0.05, 0.1) is 10.9 Å². The molecule has 0 fully saturated rings. The van der Waals surface area contributed by atoms with Gasteiger partial charge in [-0.1, -0.05) is 36.8 Å². The quantitative estimate of drug-likeness (QED) is 0.800. The molecule has 0 aliphatic heterocycles. The van der Waals surface area contributed by atoms with E-state index in [9.17, 15) is 13.2 Å². The van der Waals surface area contributed by atoms with E-state index in [-0.39, 0.29) is 21.0 Å². The Morgan fingerprint density at radius 3 is 2.72 bits per heavy atom. The zero-order valence-corrected chi connectivity index (χ0v) is 16.0. The van der Waals surface area contributed by atoms with Gasteiger partial charge in [-0.15, -0.1) is 10.2 Å². The van der Waals surface area contributed by atoms with Crippen LogP contribution in [0.15, 0.2) is 17.0 Å². The second kappa shape index (κ2) is 6.54. The van der Waals surface area contributed by atoms with Crippen LogP contribution in [-0.4, -0.2) is 24.5 Å². The van der Waals surface area contributed by atoms with Crippen LogP contribution in [-0.2, 0) is 21.2 Å². The Labute approximate surface area is 154 Å². The number of aryl methyl sites for hydroxylation is 1. The molecular weight excluding hydrogens is 384 g/mol. The molecule has 7 nitrogen and oxygen atoms in total. The van der Waals surface area contributed by atoms with Crippen molar-refractivity contribution in [2.75, 3.05) is 4.72 Å². The summed E-state index contributed by atoms with van der Waals surface area (Å²) >= 11 is 7.34. The number of nitrogens with one attached hydrogen (secondary N) is 1. The van der Waals surface area contributed by atoms with Crippen LogP contribution in [0.25, 0.3) is 0 Å². The molecule has 134 valence electrons. The number of carbonyl (C=O) groups is 1. The van der Waals surface area contributed by atoms with Crippen molar-refractivity contribution in [1.82, 2.24) is 10.2 Å². The van der Waals surface area contributed by atoms with Crippen LogP contribution >= 0.6 is 22.9 Å². The number of nitrogens with two attached hydrogens (primary N) is 1. The number of sulfonamides is 1. The number of amides is 1. The lowest BCUT2D eigenvalue weighted by molar-refractivity contribution is -0.119. The average Bonchev–Trinajstić information content (AvgIpc) is 3.12. The standard InChI is InChI=1S/C15H17ClN4O3S2/c1-7(2)14-18-19-15(24-14)20-25(22,23)12-6-10-8(5-11(12)16)3-4-9(10)13(17)21/h5-7,9H,3-4H2,1-2H3,(H2,17,21)(H,19,20). The molecule has 0 spiro atoms. The summed E-state index contributed by atoms with van der Waals surface area (Å²) in [6.07, 6.45) is 1.20. The van der Waals surface area contributed by atoms with Gasteiger partial charge in [0.2, 0.25) is 11.0 Å². The highest BCUT2D eigenvalue weighted by molar-refractivity contribution is 7.93. The molecule has 1 amide bonds. The molecule has 0 bridgehead atoms. The number of nitrogens with zero attached hydrogens (tertiary/aromatic N) is 2.